The molecule has 0 radical (unpaired) electrons. The molecule has 6 nitrogen and oxygen atoms in total. The number of amides is 1. The van der Waals surface area contributed by atoms with Crippen LogP contribution >= 0.6 is 0 Å². The van der Waals surface area contributed by atoms with Gasteiger partial charge in [0.05, 0.1) is 23.7 Å². The number of rotatable bonds is 2. The molecule has 3 heterocycles. The quantitative estimate of drug-likeness (QED) is 0.758. The lowest BCUT2D eigenvalue weighted by Gasteiger charge is -2.34. The predicted molar refractivity (Wildman–Crippen MR) is 89.4 cm³/mol. The largest absolute Gasteiger partial charge is 0.392 e. The Morgan fingerprint density at radius 2 is 2.25 bits per heavy atom. The Morgan fingerprint density at radius 1 is 1.38 bits per heavy atom. The van der Waals surface area contributed by atoms with Crippen LogP contribution in [0.3, 0.4) is 0 Å². The Labute approximate surface area is 139 Å². The van der Waals surface area contributed by atoms with Crippen molar-refractivity contribution in [3.05, 3.63) is 59.2 Å². The predicted octanol–water partition coefficient (Wildman–Crippen LogP) is 2.21. The number of fused-ring (bicyclic) bond motifs is 2. The van der Waals surface area contributed by atoms with Gasteiger partial charge in [-0.05, 0) is 24.6 Å². The van der Waals surface area contributed by atoms with Gasteiger partial charge in [-0.3, -0.25) is 9.78 Å². The second-order valence-electron chi connectivity index (χ2n) is 6.02. The molecule has 1 aromatic carbocycles. The van der Waals surface area contributed by atoms with Crippen molar-refractivity contribution in [2.24, 2.45) is 0 Å². The van der Waals surface area contributed by atoms with Crippen LogP contribution in [0.25, 0.3) is 11.0 Å². The molecule has 1 aliphatic rings. The lowest BCUT2D eigenvalue weighted by atomic mass is 9.98. The average molecular weight is 322 g/mol. The van der Waals surface area contributed by atoms with E-state index in [0.29, 0.717) is 23.4 Å². The summed E-state index contributed by atoms with van der Waals surface area (Å²) in [6.45, 7) is 2.53. The molecule has 4 rings (SSSR count). The van der Waals surface area contributed by atoms with Crippen molar-refractivity contribution in [2.75, 3.05) is 6.54 Å². The van der Waals surface area contributed by atoms with Crippen LogP contribution in [0.1, 0.15) is 40.4 Å². The maximum absolute atomic E-state index is 12.9. The van der Waals surface area contributed by atoms with E-state index in [1.165, 1.54) is 0 Å². The first-order chi connectivity index (χ1) is 11.7. The van der Waals surface area contributed by atoms with Gasteiger partial charge in [0.25, 0.3) is 5.91 Å². The number of pyridine rings is 1. The summed E-state index contributed by atoms with van der Waals surface area (Å²) >= 11 is 0. The number of carbonyl (C=O) groups is 1. The molecule has 0 unspecified atom stereocenters. The topological polar surface area (TPSA) is 82.1 Å². The molecule has 1 aliphatic heterocycles. The number of nitrogens with one attached hydrogen (secondary N) is 1. The minimum atomic E-state index is -0.128. The minimum Gasteiger partial charge on any atom is -0.392 e. The van der Waals surface area contributed by atoms with Crippen molar-refractivity contribution in [3.8, 4) is 0 Å². The molecular weight excluding hydrogens is 304 g/mol. The van der Waals surface area contributed by atoms with Gasteiger partial charge in [0.2, 0.25) is 0 Å². The fourth-order valence-corrected chi connectivity index (χ4v) is 3.36. The molecule has 2 N–H and O–H groups in total. The monoisotopic (exact) mass is 322 g/mol. The third-order valence-electron chi connectivity index (χ3n) is 4.66. The molecule has 0 aliphatic carbocycles. The molecule has 122 valence electrons. The van der Waals surface area contributed by atoms with E-state index in [-0.39, 0.29) is 18.6 Å². The number of para-hydroxylation sites is 1. The van der Waals surface area contributed by atoms with Crippen LogP contribution in [0.2, 0.25) is 0 Å². The van der Waals surface area contributed by atoms with Crippen LogP contribution in [0.4, 0.5) is 0 Å². The zero-order chi connectivity index (χ0) is 16.7. The third kappa shape index (κ3) is 2.27. The maximum Gasteiger partial charge on any atom is 0.290 e. The van der Waals surface area contributed by atoms with Crippen molar-refractivity contribution < 1.29 is 9.90 Å². The fourth-order valence-electron chi connectivity index (χ4n) is 3.36. The lowest BCUT2D eigenvalue weighted by molar-refractivity contribution is 0.0665. The summed E-state index contributed by atoms with van der Waals surface area (Å²) in [7, 11) is 0. The molecule has 1 atom stereocenters. The number of hydrogen-bond acceptors (Lipinski definition) is 4. The summed E-state index contributed by atoms with van der Waals surface area (Å²) in [5, 5.41) is 9.43. The van der Waals surface area contributed by atoms with Crippen molar-refractivity contribution in [1.29, 1.82) is 0 Å². The zero-order valence-electron chi connectivity index (χ0n) is 13.4. The third-order valence-corrected chi connectivity index (χ3v) is 4.66. The van der Waals surface area contributed by atoms with Gasteiger partial charge in [-0.25, -0.2) is 4.98 Å². The first-order valence-electron chi connectivity index (χ1n) is 8.02. The summed E-state index contributed by atoms with van der Waals surface area (Å²) in [5.41, 5.74) is 4.27. The van der Waals surface area contributed by atoms with Gasteiger partial charge in [-0.1, -0.05) is 18.2 Å². The number of aromatic nitrogens is 3. The molecule has 3 aromatic rings. The number of aromatic amines is 1. The standard InChI is InChI=1S/C18H18N4O2/c1-11-13-5-3-8-19-14(13)7-9-22(11)18(24)17-20-15-6-2-4-12(10-23)16(15)21-17/h2-6,8,11,23H,7,9-10H2,1H3,(H,20,21)/t11-/m1/s1. The summed E-state index contributed by atoms with van der Waals surface area (Å²) in [4.78, 5) is 26.7. The average Bonchev–Trinajstić information content (AvgIpc) is 3.06. The van der Waals surface area contributed by atoms with Crippen LogP contribution < -0.4 is 0 Å². The van der Waals surface area contributed by atoms with Gasteiger partial charge >= 0.3 is 0 Å². The van der Waals surface area contributed by atoms with Gasteiger partial charge in [0.15, 0.2) is 5.82 Å². The Bertz CT molecular complexity index is 918. The van der Waals surface area contributed by atoms with E-state index in [1.54, 1.807) is 6.20 Å². The fraction of sp³-hybridized carbons (Fsp3) is 0.278. The highest BCUT2D eigenvalue weighted by atomic mass is 16.3. The molecule has 0 saturated carbocycles. The second-order valence-corrected chi connectivity index (χ2v) is 6.02. The number of carbonyl (C=O) groups excluding carboxylic acids is 1. The highest BCUT2D eigenvalue weighted by molar-refractivity contribution is 5.95. The number of benzene rings is 1. The van der Waals surface area contributed by atoms with E-state index < -0.39 is 0 Å². The van der Waals surface area contributed by atoms with Gasteiger partial charge in [0.1, 0.15) is 0 Å². The maximum atomic E-state index is 12.9. The van der Waals surface area contributed by atoms with E-state index in [0.717, 1.165) is 23.2 Å². The normalized spacial score (nSPS) is 17.1. The van der Waals surface area contributed by atoms with E-state index >= 15 is 0 Å². The number of aliphatic hydroxyl groups excluding tert-OH is 1. The summed E-state index contributed by atoms with van der Waals surface area (Å²) in [5.74, 6) is 0.183. The van der Waals surface area contributed by atoms with E-state index in [1.807, 2.05) is 42.2 Å². The van der Waals surface area contributed by atoms with Gasteiger partial charge in [0, 0.05) is 30.4 Å². The van der Waals surface area contributed by atoms with Crippen LogP contribution in [-0.2, 0) is 13.0 Å². The highest BCUT2D eigenvalue weighted by Gasteiger charge is 2.30. The lowest BCUT2D eigenvalue weighted by Crippen LogP contribution is -2.39. The Balaban J connectivity index is 1.69. The highest BCUT2D eigenvalue weighted by Crippen LogP contribution is 2.29. The number of imidazole rings is 1. The summed E-state index contributed by atoms with van der Waals surface area (Å²) in [6.07, 6.45) is 2.53. The Morgan fingerprint density at radius 3 is 3.08 bits per heavy atom. The van der Waals surface area contributed by atoms with Crippen LogP contribution in [0, 0.1) is 0 Å². The molecule has 24 heavy (non-hydrogen) atoms. The van der Waals surface area contributed by atoms with Crippen LogP contribution in [0.15, 0.2) is 36.5 Å². The van der Waals surface area contributed by atoms with Gasteiger partial charge in [-0.2, -0.15) is 0 Å². The number of H-pyrrole nitrogens is 1. The molecule has 2 aromatic heterocycles. The van der Waals surface area contributed by atoms with Crippen molar-refractivity contribution in [1.82, 2.24) is 19.9 Å². The first-order valence-corrected chi connectivity index (χ1v) is 8.02. The van der Waals surface area contributed by atoms with Crippen molar-refractivity contribution >= 4 is 16.9 Å². The molecule has 0 bridgehead atoms. The minimum absolute atomic E-state index is 0.0412. The smallest absolute Gasteiger partial charge is 0.290 e. The molecular formula is C18H18N4O2. The molecule has 0 spiro atoms. The van der Waals surface area contributed by atoms with E-state index in [4.69, 9.17) is 0 Å². The van der Waals surface area contributed by atoms with Crippen LogP contribution in [-0.4, -0.2) is 37.4 Å². The number of hydrogen-bond donors (Lipinski definition) is 2. The number of nitrogens with zero attached hydrogens (tertiary/aromatic N) is 3. The van der Waals surface area contributed by atoms with Crippen LogP contribution in [0.5, 0.6) is 0 Å². The molecule has 0 saturated heterocycles. The van der Waals surface area contributed by atoms with Gasteiger partial charge in [-0.15, -0.1) is 0 Å². The van der Waals surface area contributed by atoms with Crippen molar-refractivity contribution in [2.45, 2.75) is 26.0 Å². The molecule has 6 heteroatoms. The zero-order valence-corrected chi connectivity index (χ0v) is 13.4. The first kappa shape index (κ1) is 14.8. The molecule has 1 amide bonds. The summed E-state index contributed by atoms with van der Waals surface area (Å²) < 4.78 is 0. The number of aliphatic hydroxyl groups is 1. The second kappa shape index (κ2) is 5.72. The van der Waals surface area contributed by atoms with E-state index in [2.05, 4.69) is 15.0 Å². The SMILES string of the molecule is C[C@@H]1c2cccnc2CCN1C(=O)c1nc2c(CO)cccc2[nH]1. The summed E-state index contributed by atoms with van der Waals surface area (Å²) in [6, 6.07) is 9.39. The van der Waals surface area contributed by atoms with E-state index in [9.17, 15) is 9.90 Å². The Kier molecular flexibility index (Phi) is 3.54. The molecule has 0 fully saturated rings. The Hall–Kier alpha value is -2.73. The van der Waals surface area contributed by atoms with Crippen molar-refractivity contribution in [3.63, 3.8) is 0 Å². The van der Waals surface area contributed by atoms with Gasteiger partial charge < -0.3 is 15.0 Å².